The number of aromatic nitrogens is 3. The van der Waals surface area contributed by atoms with E-state index in [4.69, 9.17) is 0 Å². The van der Waals surface area contributed by atoms with Gasteiger partial charge in [-0.15, -0.1) is 0 Å². The highest BCUT2D eigenvalue weighted by molar-refractivity contribution is 6.39. The molecule has 2 aliphatic rings. The molecule has 2 aliphatic heterocycles. The van der Waals surface area contributed by atoms with Crippen molar-refractivity contribution in [3.8, 4) is 0 Å². The van der Waals surface area contributed by atoms with E-state index in [0.717, 1.165) is 31.0 Å². The van der Waals surface area contributed by atoms with Crippen LogP contribution in [0.5, 0.6) is 0 Å². The second-order valence-corrected chi connectivity index (χ2v) is 5.79. The normalized spacial score (nSPS) is 22.3. The molecule has 1 atom stereocenters. The van der Waals surface area contributed by atoms with Crippen LogP contribution in [0.25, 0.3) is 0 Å². The third kappa shape index (κ3) is 2.86. The molecule has 0 radical (unpaired) electrons. The van der Waals surface area contributed by atoms with Crippen LogP contribution in [0.2, 0.25) is 0 Å². The fourth-order valence-corrected chi connectivity index (χ4v) is 3.03. The van der Waals surface area contributed by atoms with E-state index in [2.05, 4.69) is 20.6 Å². The van der Waals surface area contributed by atoms with Crippen molar-refractivity contribution < 1.29 is 9.59 Å². The van der Waals surface area contributed by atoms with Crippen LogP contribution in [0.15, 0.2) is 5.10 Å². The number of carbonyl (C=O) groups excluding carboxylic acids is 2. The maximum absolute atomic E-state index is 12.5. The van der Waals surface area contributed by atoms with E-state index in [0.29, 0.717) is 25.1 Å². The highest BCUT2D eigenvalue weighted by atomic mass is 16.2. The van der Waals surface area contributed by atoms with E-state index in [1.807, 2.05) is 18.5 Å². The molecule has 1 aromatic heterocycles. The van der Waals surface area contributed by atoms with Gasteiger partial charge in [0, 0.05) is 25.9 Å². The zero-order chi connectivity index (χ0) is 15.7. The minimum absolute atomic E-state index is 0.0841. The zero-order valence-electron chi connectivity index (χ0n) is 12.9. The Kier molecular flexibility index (Phi) is 3.91. The fraction of sp³-hybridized carbons (Fsp3) is 0.643. The summed E-state index contributed by atoms with van der Waals surface area (Å²) in [6.45, 7) is 5.13. The average molecular weight is 304 g/mol. The van der Waals surface area contributed by atoms with Crippen LogP contribution < -0.4 is 5.43 Å². The van der Waals surface area contributed by atoms with E-state index < -0.39 is 0 Å². The molecular formula is C14H20N6O2. The van der Waals surface area contributed by atoms with Gasteiger partial charge in [-0.2, -0.15) is 10.2 Å². The lowest BCUT2D eigenvalue weighted by Crippen LogP contribution is -2.45. The van der Waals surface area contributed by atoms with Gasteiger partial charge < -0.3 is 4.90 Å². The van der Waals surface area contributed by atoms with Crippen molar-refractivity contribution in [1.82, 2.24) is 25.1 Å². The molecular weight excluding hydrogens is 284 g/mol. The number of hydrazone groups is 1. The van der Waals surface area contributed by atoms with Crippen molar-refractivity contribution in [2.45, 2.75) is 45.6 Å². The summed E-state index contributed by atoms with van der Waals surface area (Å²) in [4.78, 5) is 29.8. The van der Waals surface area contributed by atoms with E-state index in [-0.39, 0.29) is 17.9 Å². The molecule has 0 spiro atoms. The second kappa shape index (κ2) is 5.86. The van der Waals surface area contributed by atoms with Crippen LogP contribution in [-0.4, -0.2) is 50.3 Å². The Bertz CT molecular complexity index is 635. The molecule has 0 aliphatic carbocycles. The topological polar surface area (TPSA) is 92.5 Å². The molecule has 22 heavy (non-hydrogen) atoms. The summed E-state index contributed by atoms with van der Waals surface area (Å²) in [5.74, 6) is 1.40. The first kappa shape index (κ1) is 14.7. The predicted octanol–water partition coefficient (Wildman–Crippen LogP) is 0.324. The van der Waals surface area contributed by atoms with Crippen LogP contribution in [-0.2, 0) is 9.59 Å². The quantitative estimate of drug-likeness (QED) is 0.852. The molecule has 3 heterocycles. The summed E-state index contributed by atoms with van der Waals surface area (Å²) in [5.41, 5.74) is 2.82. The van der Waals surface area contributed by atoms with Crippen molar-refractivity contribution in [1.29, 1.82) is 0 Å². The van der Waals surface area contributed by atoms with Crippen LogP contribution in [0.3, 0.4) is 0 Å². The van der Waals surface area contributed by atoms with Gasteiger partial charge in [0.1, 0.15) is 17.4 Å². The number of amides is 2. The van der Waals surface area contributed by atoms with Gasteiger partial charge in [0.15, 0.2) is 0 Å². The molecule has 1 fully saturated rings. The Labute approximate surface area is 128 Å². The number of piperidine rings is 1. The highest BCUT2D eigenvalue weighted by Crippen LogP contribution is 2.22. The van der Waals surface area contributed by atoms with Crippen LogP contribution in [0.4, 0.5) is 0 Å². The van der Waals surface area contributed by atoms with Gasteiger partial charge in [0.25, 0.3) is 5.91 Å². The van der Waals surface area contributed by atoms with Gasteiger partial charge in [-0.3, -0.25) is 9.59 Å². The molecule has 118 valence electrons. The van der Waals surface area contributed by atoms with Crippen molar-refractivity contribution in [2.75, 3.05) is 13.1 Å². The summed E-state index contributed by atoms with van der Waals surface area (Å²) in [5, 5.41) is 8.33. The Morgan fingerprint density at radius 2 is 2.14 bits per heavy atom. The Morgan fingerprint density at radius 3 is 2.77 bits per heavy atom. The lowest BCUT2D eigenvalue weighted by atomic mass is 10.0. The first-order chi connectivity index (χ1) is 10.5. The van der Waals surface area contributed by atoms with Crippen LogP contribution >= 0.6 is 0 Å². The molecule has 1 saturated heterocycles. The van der Waals surface area contributed by atoms with Gasteiger partial charge >= 0.3 is 0 Å². The first-order valence-electron chi connectivity index (χ1n) is 7.59. The minimum atomic E-state index is -0.137. The first-order valence-corrected chi connectivity index (χ1v) is 7.59. The molecule has 8 heteroatoms. The molecule has 0 saturated carbocycles. The SMILES string of the molecule is Cc1nc(C)n(C2CCCN(C(=O)C3=NNC(=O)CC3)C2)n1. The van der Waals surface area contributed by atoms with Gasteiger partial charge in [0.2, 0.25) is 5.91 Å². The average Bonchev–Trinajstić information content (AvgIpc) is 2.86. The van der Waals surface area contributed by atoms with E-state index >= 15 is 0 Å². The molecule has 1 unspecified atom stereocenters. The number of nitrogens with one attached hydrogen (secondary N) is 1. The molecule has 0 bridgehead atoms. The summed E-state index contributed by atoms with van der Waals surface area (Å²) >= 11 is 0. The third-order valence-electron chi connectivity index (χ3n) is 4.09. The third-order valence-corrected chi connectivity index (χ3v) is 4.09. The molecule has 1 aromatic rings. The number of likely N-dealkylation sites (tertiary alicyclic amines) is 1. The number of hydrogen-bond donors (Lipinski definition) is 1. The number of carbonyl (C=O) groups is 2. The molecule has 1 N–H and O–H groups in total. The standard InChI is InChI=1S/C14H20N6O2/c1-9-15-10(2)20(18-9)11-4-3-7-19(8-11)14(22)12-5-6-13(21)17-16-12/h11H,3-8H2,1-2H3,(H,17,21). The van der Waals surface area contributed by atoms with Crippen molar-refractivity contribution in [2.24, 2.45) is 5.10 Å². The number of nitrogens with zero attached hydrogens (tertiary/aromatic N) is 5. The fourth-order valence-electron chi connectivity index (χ4n) is 3.03. The smallest absolute Gasteiger partial charge is 0.270 e. The van der Waals surface area contributed by atoms with Crippen molar-refractivity contribution in [3.63, 3.8) is 0 Å². The van der Waals surface area contributed by atoms with E-state index in [1.54, 1.807) is 4.90 Å². The van der Waals surface area contributed by atoms with E-state index in [9.17, 15) is 9.59 Å². The van der Waals surface area contributed by atoms with Crippen LogP contribution in [0.1, 0.15) is 43.4 Å². The maximum atomic E-state index is 12.5. The Morgan fingerprint density at radius 1 is 1.32 bits per heavy atom. The van der Waals surface area contributed by atoms with E-state index in [1.165, 1.54) is 0 Å². The minimum Gasteiger partial charge on any atom is -0.335 e. The van der Waals surface area contributed by atoms with Crippen LogP contribution in [0, 0.1) is 13.8 Å². The molecule has 2 amide bonds. The molecule has 8 nitrogen and oxygen atoms in total. The number of hydrogen-bond acceptors (Lipinski definition) is 5. The van der Waals surface area contributed by atoms with Gasteiger partial charge in [-0.25, -0.2) is 15.1 Å². The highest BCUT2D eigenvalue weighted by Gasteiger charge is 2.30. The lowest BCUT2D eigenvalue weighted by Gasteiger charge is -2.33. The predicted molar refractivity (Wildman–Crippen MR) is 79.2 cm³/mol. The second-order valence-electron chi connectivity index (χ2n) is 5.79. The molecule has 0 aromatic carbocycles. The zero-order valence-corrected chi connectivity index (χ0v) is 12.9. The van der Waals surface area contributed by atoms with Crippen molar-refractivity contribution >= 4 is 17.5 Å². The molecule has 3 rings (SSSR count). The summed E-state index contributed by atoms with van der Waals surface area (Å²) < 4.78 is 1.92. The largest absolute Gasteiger partial charge is 0.335 e. The number of rotatable bonds is 2. The summed E-state index contributed by atoms with van der Waals surface area (Å²) in [7, 11) is 0. The maximum Gasteiger partial charge on any atom is 0.270 e. The Balaban J connectivity index is 1.72. The van der Waals surface area contributed by atoms with Crippen molar-refractivity contribution in [3.05, 3.63) is 11.6 Å². The number of aryl methyl sites for hydroxylation is 2. The monoisotopic (exact) mass is 304 g/mol. The lowest BCUT2D eigenvalue weighted by molar-refractivity contribution is -0.126. The van der Waals surface area contributed by atoms with Gasteiger partial charge in [-0.05, 0) is 26.7 Å². The van der Waals surface area contributed by atoms with Gasteiger partial charge in [-0.1, -0.05) is 0 Å². The summed E-state index contributed by atoms with van der Waals surface area (Å²) in [6.07, 6.45) is 2.64. The Hall–Kier alpha value is -2.25. The van der Waals surface area contributed by atoms with Gasteiger partial charge in [0.05, 0.1) is 6.04 Å². The summed E-state index contributed by atoms with van der Waals surface area (Å²) in [6, 6.07) is 0.151.